The Labute approximate surface area is 171 Å². The van der Waals surface area contributed by atoms with Crippen LogP contribution < -0.4 is 21.7 Å². The van der Waals surface area contributed by atoms with Gasteiger partial charge in [-0.3, -0.25) is 0 Å². The van der Waals surface area contributed by atoms with E-state index < -0.39 is 24.3 Å². The van der Waals surface area contributed by atoms with Gasteiger partial charge in [0, 0.05) is 29.9 Å². The molecule has 8 heteroatoms. The molecule has 1 saturated carbocycles. The Morgan fingerprint density at radius 3 is 1.92 bits per heavy atom. The third-order valence-electron chi connectivity index (χ3n) is 5.10. The van der Waals surface area contributed by atoms with Crippen LogP contribution in [0, 0.1) is 5.92 Å². The summed E-state index contributed by atoms with van der Waals surface area (Å²) >= 11 is 0. The van der Waals surface area contributed by atoms with Crippen LogP contribution in [0.25, 0.3) is 0 Å². The zero-order valence-corrected chi connectivity index (χ0v) is 17.7. The minimum Gasteiger partial charge on any atom is -0.550 e. The third-order valence-corrected chi connectivity index (χ3v) is 5.10. The molecule has 1 aliphatic carbocycles. The SMILES string of the molecule is NC1CCCCC1N.O=C([O-])CC(CCCN1CCCCC1)C(=O)[O-].[Pt+2]. The molecule has 3 unspecified atom stereocenters. The van der Waals surface area contributed by atoms with Crippen LogP contribution in [0.1, 0.15) is 64.2 Å². The number of carbonyl (C=O) groups excluding carboxylic acids is 2. The second-order valence-corrected chi connectivity index (χ2v) is 7.25. The molecule has 0 amide bonds. The minimum absolute atomic E-state index is 0. The molecule has 4 N–H and O–H groups in total. The molecule has 0 aromatic rings. The van der Waals surface area contributed by atoms with E-state index in [2.05, 4.69) is 4.90 Å². The maximum absolute atomic E-state index is 10.7. The molecule has 0 aromatic heterocycles. The molecule has 0 radical (unpaired) electrons. The normalized spacial score (nSPS) is 24.5. The standard InChI is InChI=1S/C12H21NO4.C6H14N2.Pt/c14-11(15)9-10(12(16)17)5-4-8-13-6-2-1-3-7-13;7-5-3-1-2-4-6(5)8;/h10H,1-9H2,(H,14,15)(H,16,17);5-6H,1-4,7-8H2;/q;;+2/p-2. The zero-order chi connectivity index (χ0) is 18.7. The van der Waals surface area contributed by atoms with Gasteiger partial charge < -0.3 is 36.2 Å². The number of hydrogen-bond acceptors (Lipinski definition) is 7. The van der Waals surface area contributed by atoms with Crippen molar-refractivity contribution in [3.05, 3.63) is 0 Å². The van der Waals surface area contributed by atoms with E-state index >= 15 is 0 Å². The fraction of sp³-hybridized carbons (Fsp3) is 0.889. The molecule has 154 valence electrons. The van der Waals surface area contributed by atoms with E-state index in [1.165, 1.54) is 32.1 Å². The average molecular weight is 551 g/mol. The summed E-state index contributed by atoms with van der Waals surface area (Å²) in [6, 6.07) is 0.562. The van der Waals surface area contributed by atoms with E-state index in [4.69, 9.17) is 11.5 Å². The van der Waals surface area contributed by atoms with Gasteiger partial charge in [0.1, 0.15) is 0 Å². The van der Waals surface area contributed by atoms with E-state index in [-0.39, 0.29) is 33.1 Å². The van der Waals surface area contributed by atoms with Gasteiger partial charge in [-0.1, -0.05) is 19.3 Å². The Morgan fingerprint density at radius 2 is 1.50 bits per heavy atom. The Kier molecular flexibility index (Phi) is 14.3. The predicted molar refractivity (Wildman–Crippen MR) is 92.1 cm³/mol. The van der Waals surface area contributed by atoms with Crippen LogP contribution in [0.2, 0.25) is 0 Å². The molecule has 3 atom stereocenters. The minimum atomic E-state index is -1.32. The van der Waals surface area contributed by atoms with Gasteiger partial charge in [-0.15, -0.1) is 0 Å². The van der Waals surface area contributed by atoms with Crippen molar-refractivity contribution >= 4 is 11.9 Å². The van der Waals surface area contributed by atoms with E-state index in [9.17, 15) is 19.8 Å². The van der Waals surface area contributed by atoms with E-state index in [1.807, 2.05) is 0 Å². The molecule has 1 saturated heterocycles. The number of nitrogens with two attached hydrogens (primary N) is 2. The van der Waals surface area contributed by atoms with Gasteiger partial charge in [-0.25, -0.2) is 0 Å². The van der Waals surface area contributed by atoms with Crippen LogP contribution in [0.15, 0.2) is 0 Å². The van der Waals surface area contributed by atoms with Crippen molar-refractivity contribution in [1.29, 1.82) is 0 Å². The van der Waals surface area contributed by atoms with Gasteiger partial charge in [0.25, 0.3) is 0 Å². The molecule has 1 heterocycles. The number of carbonyl (C=O) groups is 2. The molecule has 2 rings (SSSR count). The summed E-state index contributed by atoms with van der Waals surface area (Å²) in [6.07, 6.45) is 9.07. The van der Waals surface area contributed by atoms with Crippen LogP contribution in [-0.2, 0) is 30.7 Å². The summed E-state index contributed by atoms with van der Waals surface area (Å²) in [5.41, 5.74) is 11.3. The molecule has 7 nitrogen and oxygen atoms in total. The first-order valence-electron chi connectivity index (χ1n) is 9.54. The maximum atomic E-state index is 10.7. The first-order valence-corrected chi connectivity index (χ1v) is 9.54. The molecule has 2 fully saturated rings. The second-order valence-electron chi connectivity index (χ2n) is 7.25. The molecule has 26 heavy (non-hydrogen) atoms. The van der Waals surface area contributed by atoms with Crippen molar-refractivity contribution in [2.75, 3.05) is 19.6 Å². The van der Waals surface area contributed by atoms with Crippen molar-refractivity contribution in [1.82, 2.24) is 4.90 Å². The van der Waals surface area contributed by atoms with Crippen molar-refractivity contribution in [3.8, 4) is 0 Å². The zero-order valence-electron chi connectivity index (χ0n) is 15.5. The number of carboxylic acid groups (broad SMARTS) is 2. The van der Waals surface area contributed by atoms with Crippen LogP contribution >= 0.6 is 0 Å². The number of likely N-dealkylation sites (tertiary alicyclic amines) is 1. The van der Waals surface area contributed by atoms with Gasteiger partial charge in [-0.2, -0.15) is 0 Å². The average Bonchev–Trinajstić information content (AvgIpc) is 2.58. The summed E-state index contributed by atoms with van der Waals surface area (Å²) in [5, 5.41) is 21.1. The Bertz CT molecular complexity index is 396. The third kappa shape index (κ3) is 11.3. The van der Waals surface area contributed by atoms with Gasteiger partial charge >= 0.3 is 21.1 Å². The Balaban J connectivity index is 0.000000583. The topological polar surface area (TPSA) is 136 Å². The number of rotatable bonds is 7. The van der Waals surface area contributed by atoms with Gasteiger partial charge in [0.2, 0.25) is 0 Å². The molecule has 0 aromatic carbocycles. The monoisotopic (exact) mass is 550 g/mol. The smallest absolute Gasteiger partial charge is 0.550 e. The Hall–Kier alpha value is -0.492. The van der Waals surface area contributed by atoms with Gasteiger partial charge in [-0.05, 0) is 64.6 Å². The van der Waals surface area contributed by atoms with E-state index in [0.717, 1.165) is 32.5 Å². The largest absolute Gasteiger partial charge is 2.00 e. The first kappa shape index (κ1) is 25.5. The van der Waals surface area contributed by atoms with Crippen LogP contribution in [0.5, 0.6) is 0 Å². The summed E-state index contributed by atoms with van der Waals surface area (Å²) < 4.78 is 0. The quantitative estimate of drug-likeness (QED) is 0.414. The summed E-state index contributed by atoms with van der Waals surface area (Å²) in [5.74, 6) is -3.52. The Morgan fingerprint density at radius 1 is 0.962 bits per heavy atom. The first-order chi connectivity index (χ1) is 11.9. The summed E-state index contributed by atoms with van der Waals surface area (Å²) in [6.45, 7) is 2.98. The number of nitrogens with zero attached hydrogens (tertiary/aromatic N) is 1. The summed E-state index contributed by atoms with van der Waals surface area (Å²) in [4.78, 5) is 23.4. The van der Waals surface area contributed by atoms with Crippen molar-refractivity contribution in [2.45, 2.75) is 76.3 Å². The molecule has 2 aliphatic rings. The molecule has 0 bridgehead atoms. The van der Waals surface area contributed by atoms with Crippen LogP contribution in [-0.4, -0.2) is 48.6 Å². The second kappa shape index (κ2) is 14.6. The van der Waals surface area contributed by atoms with Gasteiger partial charge in [0.15, 0.2) is 0 Å². The molecular weight excluding hydrogens is 517 g/mol. The van der Waals surface area contributed by atoms with E-state index in [0.29, 0.717) is 12.8 Å². The van der Waals surface area contributed by atoms with Crippen LogP contribution in [0.3, 0.4) is 0 Å². The molecule has 0 spiro atoms. The number of hydrogen-bond donors (Lipinski definition) is 2. The number of carboxylic acids is 2. The summed E-state index contributed by atoms with van der Waals surface area (Å²) in [7, 11) is 0. The van der Waals surface area contributed by atoms with Crippen molar-refractivity contribution in [2.24, 2.45) is 17.4 Å². The molecule has 1 aliphatic heterocycles. The predicted octanol–water partition coefficient (Wildman–Crippen LogP) is -1.03. The van der Waals surface area contributed by atoms with E-state index in [1.54, 1.807) is 0 Å². The molecular formula is C18H33N3O4Pt. The fourth-order valence-electron chi connectivity index (χ4n) is 3.44. The van der Waals surface area contributed by atoms with Gasteiger partial charge in [0.05, 0.1) is 0 Å². The maximum Gasteiger partial charge on any atom is 2.00 e. The van der Waals surface area contributed by atoms with Crippen molar-refractivity contribution < 1.29 is 40.9 Å². The van der Waals surface area contributed by atoms with Crippen LogP contribution in [0.4, 0.5) is 0 Å². The van der Waals surface area contributed by atoms with Crippen molar-refractivity contribution in [3.63, 3.8) is 0 Å². The fourth-order valence-corrected chi connectivity index (χ4v) is 3.44. The number of piperidine rings is 1. The number of aliphatic carboxylic acids is 2.